The van der Waals surface area contributed by atoms with Crippen LogP contribution in [0.1, 0.15) is 5.56 Å². The van der Waals surface area contributed by atoms with E-state index in [1.165, 1.54) is 18.2 Å². The van der Waals surface area contributed by atoms with Crippen molar-refractivity contribution in [1.29, 1.82) is 0 Å². The van der Waals surface area contributed by atoms with Gasteiger partial charge in [0.25, 0.3) is 11.8 Å². The maximum absolute atomic E-state index is 12.7. The fourth-order valence-electron chi connectivity index (χ4n) is 3.20. The number of nitrogens with zero attached hydrogens (tertiary/aromatic N) is 1. The van der Waals surface area contributed by atoms with Crippen LogP contribution in [0.25, 0.3) is 6.08 Å². The molecule has 162 valence electrons. The predicted octanol–water partition coefficient (Wildman–Crippen LogP) is 3.61. The number of hydrazine groups is 1. The van der Waals surface area contributed by atoms with Gasteiger partial charge in [0.05, 0.1) is 12.8 Å². The number of anilines is 1. The first-order valence-electron chi connectivity index (χ1n) is 10.1. The van der Waals surface area contributed by atoms with Gasteiger partial charge >= 0.3 is 0 Å². The molecule has 3 aromatic rings. The average Bonchev–Trinajstić information content (AvgIpc) is 3.12. The first kappa shape index (κ1) is 21.0. The zero-order valence-corrected chi connectivity index (χ0v) is 17.5. The van der Waals surface area contributed by atoms with Crippen molar-refractivity contribution in [2.45, 2.75) is 0 Å². The molecule has 2 amide bonds. The second-order valence-electron chi connectivity index (χ2n) is 6.90. The third kappa shape index (κ3) is 4.73. The fraction of sp³-hybridized carbons (Fsp3) is 0.120. The molecule has 7 nitrogen and oxygen atoms in total. The SMILES string of the molecule is COc1cc(C=C2C(=O)NN(c3ccccc3)C2=O)ccc1OCCOc1ccccc1. The van der Waals surface area contributed by atoms with E-state index in [1.807, 2.05) is 36.4 Å². The molecule has 0 spiro atoms. The van der Waals surface area contributed by atoms with Crippen LogP contribution in [-0.2, 0) is 9.59 Å². The topological polar surface area (TPSA) is 77.1 Å². The van der Waals surface area contributed by atoms with Crippen molar-refractivity contribution in [3.8, 4) is 17.2 Å². The van der Waals surface area contributed by atoms with Crippen LogP contribution in [0.5, 0.6) is 17.2 Å². The predicted molar refractivity (Wildman–Crippen MR) is 120 cm³/mol. The smallest absolute Gasteiger partial charge is 0.282 e. The first-order chi connectivity index (χ1) is 15.7. The molecule has 1 aliphatic rings. The molecular weight excluding hydrogens is 408 g/mol. The van der Waals surface area contributed by atoms with Gasteiger partial charge in [-0.05, 0) is 48.0 Å². The van der Waals surface area contributed by atoms with E-state index in [2.05, 4.69) is 5.43 Å². The van der Waals surface area contributed by atoms with Crippen molar-refractivity contribution in [2.24, 2.45) is 0 Å². The summed E-state index contributed by atoms with van der Waals surface area (Å²) in [5.41, 5.74) is 3.86. The van der Waals surface area contributed by atoms with Gasteiger partial charge in [-0.2, -0.15) is 0 Å². The number of hydrogen-bond donors (Lipinski definition) is 1. The van der Waals surface area contributed by atoms with Gasteiger partial charge in [-0.3, -0.25) is 15.0 Å². The minimum Gasteiger partial charge on any atom is -0.493 e. The van der Waals surface area contributed by atoms with Crippen LogP contribution in [0.4, 0.5) is 5.69 Å². The number of methoxy groups -OCH3 is 1. The molecule has 1 saturated heterocycles. The summed E-state index contributed by atoms with van der Waals surface area (Å²) in [6.07, 6.45) is 1.53. The number of amides is 2. The third-order valence-corrected chi connectivity index (χ3v) is 4.76. The zero-order valence-electron chi connectivity index (χ0n) is 17.5. The summed E-state index contributed by atoms with van der Waals surface area (Å²) >= 11 is 0. The molecule has 1 fully saturated rings. The van der Waals surface area contributed by atoms with Crippen LogP contribution < -0.4 is 24.6 Å². The number of benzene rings is 3. The van der Waals surface area contributed by atoms with E-state index in [9.17, 15) is 9.59 Å². The number of hydrogen-bond acceptors (Lipinski definition) is 5. The number of ether oxygens (including phenoxy) is 3. The molecule has 0 unspecified atom stereocenters. The Morgan fingerprint density at radius 3 is 2.25 bits per heavy atom. The number of carbonyl (C=O) groups excluding carboxylic acids is 2. The highest BCUT2D eigenvalue weighted by Gasteiger charge is 2.34. The zero-order chi connectivity index (χ0) is 22.3. The van der Waals surface area contributed by atoms with Gasteiger partial charge in [0, 0.05) is 0 Å². The highest BCUT2D eigenvalue weighted by Crippen LogP contribution is 2.30. The maximum Gasteiger partial charge on any atom is 0.282 e. The van der Waals surface area contributed by atoms with E-state index in [4.69, 9.17) is 14.2 Å². The molecule has 0 atom stereocenters. The monoisotopic (exact) mass is 430 g/mol. The van der Waals surface area contributed by atoms with E-state index >= 15 is 0 Å². The highest BCUT2D eigenvalue weighted by atomic mass is 16.5. The summed E-state index contributed by atoms with van der Waals surface area (Å²) in [6, 6.07) is 23.6. The second kappa shape index (κ2) is 9.70. The van der Waals surface area contributed by atoms with E-state index in [-0.39, 0.29) is 5.57 Å². The lowest BCUT2D eigenvalue weighted by molar-refractivity contribution is -0.117. The van der Waals surface area contributed by atoms with Crippen LogP contribution in [0.3, 0.4) is 0 Å². The van der Waals surface area contributed by atoms with E-state index < -0.39 is 11.8 Å². The largest absolute Gasteiger partial charge is 0.493 e. The maximum atomic E-state index is 12.7. The molecule has 32 heavy (non-hydrogen) atoms. The second-order valence-corrected chi connectivity index (χ2v) is 6.90. The first-order valence-corrected chi connectivity index (χ1v) is 10.1. The summed E-state index contributed by atoms with van der Waals surface area (Å²) in [7, 11) is 1.53. The summed E-state index contributed by atoms with van der Waals surface area (Å²) in [6.45, 7) is 0.710. The van der Waals surface area contributed by atoms with Gasteiger partial charge in [-0.1, -0.05) is 42.5 Å². The number of para-hydroxylation sites is 2. The molecule has 1 aliphatic heterocycles. The van der Waals surface area contributed by atoms with E-state index in [1.54, 1.807) is 42.5 Å². The minimum absolute atomic E-state index is 0.0424. The molecule has 1 N–H and O–H groups in total. The molecule has 1 heterocycles. The molecule has 4 rings (SSSR count). The van der Waals surface area contributed by atoms with Crippen molar-refractivity contribution in [2.75, 3.05) is 25.3 Å². The Kier molecular flexibility index (Phi) is 6.36. The fourth-order valence-corrected chi connectivity index (χ4v) is 3.20. The van der Waals surface area contributed by atoms with Crippen molar-refractivity contribution in [3.63, 3.8) is 0 Å². The molecule has 0 aliphatic carbocycles. The summed E-state index contributed by atoms with van der Waals surface area (Å²) in [5.74, 6) is 0.924. The molecule has 0 radical (unpaired) electrons. The van der Waals surface area contributed by atoms with Gasteiger partial charge in [0.2, 0.25) is 0 Å². The summed E-state index contributed by atoms with van der Waals surface area (Å²) in [4.78, 5) is 25.1. The normalized spacial score (nSPS) is 14.4. The Labute approximate surface area is 185 Å². The van der Waals surface area contributed by atoms with E-state index in [0.29, 0.717) is 36.0 Å². The molecule has 0 bridgehead atoms. The number of rotatable bonds is 8. The van der Waals surface area contributed by atoms with Gasteiger partial charge in [-0.25, -0.2) is 5.01 Å². The molecule has 3 aromatic carbocycles. The molecule has 7 heteroatoms. The van der Waals surface area contributed by atoms with Crippen molar-refractivity contribution >= 4 is 23.6 Å². The Hall–Kier alpha value is -4.26. The summed E-state index contributed by atoms with van der Waals surface area (Å²) < 4.78 is 16.8. The summed E-state index contributed by atoms with van der Waals surface area (Å²) in [5, 5.41) is 1.23. The number of carbonyl (C=O) groups is 2. The lowest BCUT2D eigenvalue weighted by Gasteiger charge is -2.14. The minimum atomic E-state index is -0.462. The Morgan fingerprint density at radius 1 is 0.844 bits per heavy atom. The lowest BCUT2D eigenvalue weighted by Crippen LogP contribution is -2.35. The standard InChI is InChI=1S/C25H22N2O5/c1-30-23-17-18(12-13-22(23)32-15-14-31-20-10-6-3-7-11-20)16-21-24(28)26-27(25(21)29)19-8-4-2-5-9-19/h2-13,16-17H,14-15H2,1H3,(H,26,28). The van der Waals surface area contributed by atoms with Crippen molar-refractivity contribution in [3.05, 3.63) is 90.0 Å². The quantitative estimate of drug-likeness (QED) is 0.336. The van der Waals surface area contributed by atoms with Crippen LogP contribution in [-0.4, -0.2) is 32.1 Å². The highest BCUT2D eigenvalue weighted by molar-refractivity contribution is 6.31. The lowest BCUT2D eigenvalue weighted by atomic mass is 10.1. The Bertz CT molecular complexity index is 1130. The van der Waals surface area contributed by atoms with E-state index in [0.717, 1.165) is 5.75 Å². The molecular formula is C25H22N2O5. The number of nitrogens with one attached hydrogen (secondary N) is 1. The van der Waals surface area contributed by atoms with Crippen molar-refractivity contribution < 1.29 is 23.8 Å². The van der Waals surface area contributed by atoms with Crippen LogP contribution in [0.15, 0.2) is 84.4 Å². The van der Waals surface area contributed by atoms with Crippen LogP contribution in [0.2, 0.25) is 0 Å². The Morgan fingerprint density at radius 2 is 1.53 bits per heavy atom. The third-order valence-electron chi connectivity index (χ3n) is 4.76. The van der Waals surface area contributed by atoms with Crippen LogP contribution >= 0.6 is 0 Å². The molecule has 0 saturated carbocycles. The Balaban J connectivity index is 1.43. The van der Waals surface area contributed by atoms with Gasteiger partial charge in [-0.15, -0.1) is 0 Å². The van der Waals surface area contributed by atoms with Crippen LogP contribution in [0, 0.1) is 0 Å². The average molecular weight is 430 g/mol. The van der Waals surface area contributed by atoms with Gasteiger partial charge < -0.3 is 14.2 Å². The van der Waals surface area contributed by atoms with Crippen molar-refractivity contribution in [1.82, 2.24) is 5.43 Å². The van der Waals surface area contributed by atoms with Gasteiger partial charge in [0.15, 0.2) is 11.5 Å². The van der Waals surface area contributed by atoms with Gasteiger partial charge in [0.1, 0.15) is 24.5 Å². The molecule has 0 aromatic heterocycles.